The monoisotopic (exact) mass is 267 g/mol. The standard InChI is InChI=1S/C16H17N3O/c17-11-13-10-12-4-1-2-6-15(12)19-16(13)18-8-7-14-5-3-9-20-14/h3,5,9-10H,1-2,4,6-8H2,(H,18,19). The third kappa shape index (κ3) is 2.67. The van der Waals surface area contributed by atoms with Crippen molar-refractivity contribution in [1.29, 1.82) is 5.26 Å². The number of aromatic nitrogens is 1. The maximum atomic E-state index is 9.25. The average molecular weight is 267 g/mol. The van der Waals surface area contributed by atoms with Crippen LogP contribution in [-0.4, -0.2) is 11.5 Å². The summed E-state index contributed by atoms with van der Waals surface area (Å²) in [5.74, 6) is 1.65. The molecule has 2 heterocycles. The van der Waals surface area contributed by atoms with Crippen molar-refractivity contribution in [3.63, 3.8) is 0 Å². The number of nitriles is 1. The zero-order valence-electron chi connectivity index (χ0n) is 11.4. The predicted octanol–water partition coefficient (Wildman–Crippen LogP) is 3.08. The Bertz CT molecular complexity index is 626. The number of hydrogen-bond donors (Lipinski definition) is 1. The van der Waals surface area contributed by atoms with Gasteiger partial charge in [0, 0.05) is 18.7 Å². The number of hydrogen-bond acceptors (Lipinski definition) is 4. The summed E-state index contributed by atoms with van der Waals surface area (Å²) < 4.78 is 5.29. The molecule has 2 aromatic heterocycles. The molecule has 102 valence electrons. The lowest BCUT2D eigenvalue weighted by Gasteiger charge is -2.17. The third-order valence-electron chi connectivity index (χ3n) is 3.67. The second-order valence-corrected chi connectivity index (χ2v) is 5.07. The van der Waals surface area contributed by atoms with Gasteiger partial charge in [0.15, 0.2) is 0 Å². The number of rotatable bonds is 4. The maximum absolute atomic E-state index is 9.25. The highest BCUT2D eigenvalue weighted by molar-refractivity contribution is 5.54. The van der Waals surface area contributed by atoms with Crippen LogP contribution in [0.25, 0.3) is 0 Å². The first-order chi connectivity index (χ1) is 9.86. The first-order valence-electron chi connectivity index (χ1n) is 7.06. The van der Waals surface area contributed by atoms with Gasteiger partial charge in [-0.25, -0.2) is 4.98 Å². The highest BCUT2D eigenvalue weighted by Crippen LogP contribution is 2.24. The summed E-state index contributed by atoms with van der Waals surface area (Å²) in [4.78, 5) is 4.64. The van der Waals surface area contributed by atoms with E-state index in [0.29, 0.717) is 17.9 Å². The van der Waals surface area contributed by atoms with Crippen molar-refractivity contribution in [3.8, 4) is 6.07 Å². The van der Waals surface area contributed by atoms with E-state index in [9.17, 15) is 5.26 Å². The normalized spacial score (nSPS) is 13.6. The maximum Gasteiger partial charge on any atom is 0.144 e. The van der Waals surface area contributed by atoms with Crippen molar-refractivity contribution < 1.29 is 4.42 Å². The zero-order chi connectivity index (χ0) is 13.8. The fraction of sp³-hybridized carbons (Fsp3) is 0.375. The molecule has 0 saturated heterocycles. The van der Waals surface area contributed by atoms with Gasteiger partial charge in [-0.2, -0.15) is 5.26 Å². The highest BCUT2D eigenvalue weighted by Gasteiger charge is 2.14. The third-order valence-corrected chi connectivity index (χ3v) is 3.67. The van der Waals surface area contributed by atoms with Gasteiger partial charge in [0.2, 0.25) is 0 Å². The molecule has 0 atom stereocenters. The SMILES string of the molecule is N#Cc1cc2c(nc1NCCc1ccco1)CCCC2. The Balaban J connectivity index is 1.73. The van der Waals surface area contributed by atoms with Crippen LogP contribution >= 0.6 is 0 Å². The average Bonchev–Trinajstić information content (AvgIpc) is 3.00. The van der Waals surface area contributed by atoms with Crippen molar-refractivity contribution in [2.75, 3.05) is 11.9 Å². The van der Waals surface area contributed by atoms with Gasteiger partial charge in [-0.15, -0.1) is 0 Å². The first kappa shape index (κ1) is 12.7. The van der Waals surface area contributed by atoms with Crippen LogP contribution in [0.15, 0.2) is 28.9 Å². The Morgan fingerprint density at radius 3 is 3.05 bits per heavy atom. The lowest BCUT2D eigenvalue weighted by atomic mass is 9.95. The number of nitrogens with zero attached hydrogens (tertiary/aromatic N) is 2. The molecule has 0 unspecified atom stereocenters. The molecule has 0 fully saturated rings. The van der Waals surface area contributed by atoms with Gasteiger partial charge in [0.05, 0.1) is 11.8 Å². The molecule has 0 aromatic carbocycles. The Morgan fingerprint density at radius 1 is 1.35 bits per heavy atom. The minimum Gasteiger partial charge on any atom is -0.469 e. The summed E-state index contributed by atoms with van der Waals surface area (Å²) in [6.07, 6.45) is 6.92. The second-order valence-electron chi connectivity index (χ2n) is 5.07. The molecule has 4 heteroatoms. The number of pyridine rings is 1. The fourth-order valence-electron chi connectivity index (χ4n) is 2.61. The van der Waals surface area contributed by atoms with Gasteiger partial charge >= 0.3 is 0 Å². The highest BCUT2D eigenvalue weighted by atomic mass is 16.3. The summed E-state index contributed by atoms with van der Waals surface area (Å²) in [5.41, 5.74) is 3.03. The zero-order valence-corrected chi connectivity index (χ0v) is 11.4. The van der Waals surface area contributed by atoms with Gasteiger partial charge in [-0.1, -0.05) is 0 Å². The van der Waals surface area contributed by atoms with Crippen LogP contribution in [0.3, 0.4) is 0 Å². The fourth-order valence-corrected chi connectivity index (χ4v) is 2.61. The summed E-state index contributed by atoms with van der Waals surface area (Å²) >= 11 is 0. The topological polar surface area (TPSA) is 61.9 Å². The number of anilines is 1. The molecule has 4 nitrogen and oxygen atoms in total. The van der Waals surface area contributed by atoms with E-state index in [4.69, 9.17) is 4.42 Å². The largest absolute Gasteiger partial charge is 0.469 e. The van der Waals surface area contributed by atoms with Crippen molar-refractivity contribution in [1.82, 2.24) is 4.98 Å². The molecular weight excluding hydrogens is 250 g/mol. The molecule has 1 N–H and O–H groups in total. The molecule has 0 bridgehead atoms. The number of furan rings is 1. The van der Waals surface area contributed by atoms with Crippen LogP contribution in [0.2, 0.25) is 0 Å². The molecule has 0 radical (unpaired) electrons. The van der Waals surface area contributed by atoms with Gasteiger partial charge in [-0.3, -0.25) is 0 Å². The van der Waals surface area contributed by atoms with Crippen LogP contribution in [0.1, 0.15) is 35.4 Å². The Kier molecular flexibility index (Phi) is 3.69. The minimum atomic E-state index is 0.644. The molecule has 1 aliphatic carbocycles. The molecule has 2 aromatic rings. The van der Waals surface area contributed by atoms with Gasteiger partial charge in [0.25, 0.3) is 0 Å². The molecular formula is C16H17N3O. The van der Waals surface area contributed by atoms with E-state index in [1.54, 1.807) is 6.26 Å². The minimum absolute atomic E-state index is 0.644. The summed E-state index contributed by atoms with van der Waals surface area (Å²) in [6, 6.07) is 8.07. The molecule has 0 aliphatic heterocycles. The van der Waals surface area contributed by atoms with Crippen LogP contribution < -0.4 is 5.32 Å². The van der Waals surface area contributed by atoms with E-state index in [2.05, 4.69) is 16.4 Å². The van der Waals surface area contributed by atoms with E-state index in [1.165, 1.54) is 18.4 Å². The quantitative estimate of drug-likeness (QED) is 0.924. The van der Waals surface area contributed by atoms with Crippen LogP contribution in [0, 0.1) is 11.3 Å². The van der Waals surface area contributed by atoms with E-state index in [0.717, 1.165) is 30.7 Å². The van der Waals surface area contributed by atoms with E-state index < -0.39 is 0 Å². The Hall–Kier alpha value is -2.28. The summed E-state index contributed by atoms with van der Waals surface area (Å²) in [5, 5.41) is 12.5. The molecule has 3 rings (SSSR count). The smallest absolute Gasteiger partial charge is 0.144 e. The number of aryl methyl sites for hydroxylation is 2. The second kappa shape index (κ2) is 5.79. The molecule has 0 saturated carbocycles. The van der Waals surface area contributed by atoms with E-state index >= 15 is 0 Å². The summed E-state index contributed by atoms with van der Waals surface area (Å²) in [7, 11) is 0. The van der Waals surface area contributed by atoms with Gasteiger partial charge in [0.1, 0.15) is 17.6 Å². The van der Waals surface area contributed by atoms with Crippen molar-refractivity contribution >= 4 is 5.82 Å². The summed E-state index contributed by atoms with van der Waals surface area (Å²) in [6.45, 7) is 0.716. The van der Waals surface area contributed by atoms with Crippen molar-refractivity contribution in [2.24, 2.45) is 0 Å². The first-order valence-corrected chi connectivity index (χ1v) is 7.06. The number of fused-ring (bicyclic) bond motifs is 1. The molecule has 0 spiro atoms. The molecule has 0 amide bonds. The Labute approximate surface area is 118 Å². The van der Waals surface area contributed by atoms with Crippen LogP contribution in [0.4, 0.5) is 5.82 Å². The molecule has 1 aliphatic rings. The van der Waals surface area contributed by atoms with Gasteiger partial charge < -0.3 is 9.73 Å². The lowest BCUT2D eigenvalue weighted by Crippen LogP contribution is -2.12. The molecule has 20 heavy (non-hydrogen) atoms. The Morgan fingerprint density at radius 2 is 2.25 bits per heavy atom. The predicted molar refractivity (Wildman–Crippen MR) is 76.5 cm³/mol. The van der Waals surface area contributed by atoms with Gasteiger partial charge in [-0.05, 0) is 49.4 Å². The van der Waals surface area contributed by atoms with E-state index in [1.807, 2.05) is 18.2 Å². The van der Waals surface area contributed by atoms with Crippen LogP contribution in [0.5, 0.6) is 0 Å². The van der Waals surface area contributed by atoms with E-state index in [-0.39, 0.29) is 0 Å². The lowest BCUT2D eigenvalue weighted by molar-refractivity contribution is 0.513. The van der Waals surface area contributed by atoms with Crippen molar-refractivity contribution in [2.45, 2.75) is 32.1 Å². The van der Waals surface area contributed by atoms with Crippen molar-refractivity contribution in [3.05, 3.63) is 47.0 Å². The van der Waals surface area contributed by atoms with Crippen LogP contribution in [-0.2, 0) is 19.3 Å². The number of nitrogens with one attached hydrogen (secondary N) is 1.